The zero-order chi connectivity index (χ0) is 17.1. The smallest absolute Gasteiger partial charge is 0.274 e. The average Bonchev–Trinajstić information content (AvgIpc) is 2.98. The van der Waals surface area contributed by atoms with Gasteiger partial charge in [-0.3, -0.25) is 4.79 Å². The van der Waals surface area contributed by atoms with Gasteiger partial charge in [0, 0.05) is 12.1 Å². The van der Waals surface area contributed by atoms with Crippen molar-refractivity contribution in [3.05, 3.63) is 35.7 Å². The summed E-state index contributed by atoms with van der Waals surface area (Å²) in [4.78, 5) is 12.5. The third-order valence-electron chi connectivity index (χ3n) is 4.50. The molecular formula is C17H23N5O2. The Morgan fingerprint density at radius 1 is 1.38 bits per heavy atom. The van der Waals surface area contributed by atoms with Crippen LogP contribution in [-0.2, 0) is 0 Å². The van der Waals surface area contributed by atoms with Crippen LogP contribution in [0.15, 0.2) is 24.3 Å². The molecule has 1 fully saturated rings. The molecule has 2 heterocycles. The highest BCUT2D eigenvalue weighted by atomic mass is 16.5. The molecule has 1 amide bonds. The predicted octanol–water partition coefficient (Wildman–Crippen LogP) is 1.45. The van der Waals surface area contributed by atoms with Crippen molar-refractivity contribution >= 4 is 5.91 Å². The van der Waals surface area contributed by atoms with Crippen molar-refractivity contribution in [2.24, 2.45) is 0 Å². The first-order chi connectivity index (χ1) is 11.6. The molecule has 2 aromatic rings. The van der Waals surface area contributed by atoms with Crippen molar-refractivity contribution in [1.82, 2.24) is 25.6 Å². The molecule has 128 valence electrons. The van der Waals surface area contributed by atoms with Crippen molar-refractivity contribution in [3.63, 3.8) is 0 Å². The molecule has 1 aromatic heterocycles. The van der Waals surface area contributed by atoms with E-state index in [0.717, 1.165) is 30.8 Å². The lowest BCUT2D eigenvalue weighted by Crippen LogP contribution is -2.52. The molecule has 7 heteroatoms. The van der Waals surface area contributed by atoms with Gasteiger partial charge in [-0.2, -0.15) is 0 Å². The summed E-state index contributed by atoms with van der Waals surface area (Å²) in [5, 5.41) is 14.6. The summed E-state index contributed by atoms with van der Waals surface area (Å²) in [7, 11) is 1.62. The van der Waals surface area contributed by atoms with Gasteiger partial charge in [-0.05, 0) is 57.5 Å². The fourth-order valence-electron chi connectivity index (χ4n) is 2.99. The first kappa shape index (κ1) is 16.4. The molecule has 0 bridgehead atoms. The number of aromatic nitrogens is 3. The van der Waals surface area contributed by atoms with Gasteiger partial charge < -0.3 is 15.4 Å². The van der Waals surface area contributed by atoms with Crippen LogP contribution in [0.5, 0.6) is 5.75 Å². The number of carbonyl (C=O) groups is 1. The van der Waals surface area contributed by atoms with Crippen LogP contribution >= 0.6 is 0 Å². The predicted molar refractivity (Wildman–Crippen MR) is 90.6 cm³/mol. The van der Waals surface area contributed by atoms with Crippen LogP contribution in [0.25, 0.3) is 5.69 Å². The van der Waals surface area contributed by atoms with Crippen LogP contribution in [0, 0.1) is 6.92 Å². The summed E-state index contributed by atoms with van der Waals surface area (Å²) >= 11 is 0. The molecule has 0 radical (unpaired) electrons. The molecule has 2 atom stereocenters. The average molecular weight is 329 g/mol. The molecule has 1 aliphatic rings. The number of ether oxygens (including phenoxy) is 1. The SMILES string of the molecule is COc1ccc(-n2nnc(C(=O)NC3CCCNC3C)c2C)cc1. The van der Waals surface area contributed by atoms with Crippen LogP contribution in [0.4, 0.5) is 0 Å². The number of carbonyl (C=O) groups excluding carboxylic acids is 1. The second-order valence-electron chi connectivity index (χ2n) is 6.10. The highest BCUT2D eigenvalue weighted by molar-refractivity contribution is 5.93. The maximum atomic E-state index is 12.5. The monoisotopic (exact) mass is 329 g/mol. The minimum absolute atomic E-state index is 0.122. The number of hydrogen-bond donors (Lipinski definition) is 2. The van der Waals surface area contributed by atoms with Gasteiger partial charge >= 0.3 is 0 Å². The van der Waals surface area contributed by atoms with E-state index in [4.69, 9.17) is 4.74 Å². The van der Waals surface area contributed by atoms with E-state index in [9.17, 15) is 4.79 Å². The summed E-state index contributed by atoms with van der Waals surface area (Å²) in [6.45, 7) is 4.94. The first-order valence-corrected chi connectivity index (χ1v) is 8.21. The molecule has 0 spiro atoms. The number of benzene rings is 1. The van der Waals surface area contributed by atoms with Gasteiger partial charge in [-0.1, -0.05) is 5.21 Å². The fourth-order valence-corrected chi connectivity index (χ4v) is 2.99. The third-order valence-corrected chi connectivity index (χ3v) is 4.50. The van der Waals surface area contributed by atoms with E-state index in [1.165, 1.54) is 0 Å². The number of methoxy groups -OCH3 is 1. The Morgan fingerprint density at radius 2 is 2.12 bits per heavy atom. The number of piperidine rings is 1. The quantitative estimate of drug-likeness (QED) is 0.887. The molecule has 1 saturated heterocycles. The van der Waals surface area contributed by atoms with Gasteiger partial charge in [-0.25, -0.2) is 4.68 Å². The number of nitrogens with one attached hydrogen (secondary N) is 2. The van der Waals surface area contributed by atoms with Crippen molar-refractivity contribution < 1.29 is 9.53 Å². The van der Waals surface area contributed by atoms with Gasteiger partial charge in [0.05, 0.1) is 18.5 Å². The van der Waals surface area contributed by atoms with Crippen LogP contribution in [0.1, 0.15) is 35.9 Å². The van der Waals surface area contributed by atoms with E-state index < -0.39 is 0 Å². The second kappa shape index (κ2) is 7.00. The molecule has 1 aromatic carbocycles. The second-order valence-corrected chi connectivity index (χ2v) is 6.10. The van der Waals surface area contributed by atoms with Gasteiger partial charge in [-0.15, -0.1) is 5.10 Å². The standard InChI is InChI=1S/C17H23N5O2/c1-11-15(5-4-10-18-11)19-17(23)16-12(2)22(21-20-16)13-6-8-14(24-3)9-7-13/h6-9,11,15,18H,4-5,10H2,1-3H3,(H,19,23). The third kappa shape index (κ3) is 3.26. The Balaban J connectivity index is 1.77. The highest BCUT2D eigenvalue weighted by Crippen LogP contribution is 2.17. The Labute approximate surface area is 141 Å². The van der Waals surface area contributed by atoms with Crippen LogP contribution in [0.2, 0.25) is 0 Å². The molecule has 24 heavy (non-hydrogen) atoms. The normalized spacial score (nSPS) is 20.6. The fraction of sp³-hybridized carbons (Fsp3) is 0.471. The maximum absolute atomic E-state index is 12.5. The Morgan fingerprint density at radius 3 is 2.79 bits per heavy atom. The van der Waals surface area contributed by atoms with Crippen molar-refractivity contribution in [1.29, 1.82) is 0 Å². The molecule has 3 rings (SSSR count). The first-order valence-electron chi connectivity index (χ1n) is 8.21. The maximum Gasteiger partial charge on any atom is 0.274 e. The van der Waals surface area contributed by atoms with E-state index in [-0.39, 0.29) is 18.0 Å². The molecule has 7 nitrogen and oxygen atoms in total. The van der Waals surface area contributed by atoms with E-state index >= 15 is 0 Å². The van der Waals surface area contributed by atoms with Crippen molar-refractivity contribution in [2.45, 2.75) is 38.8 Å². The summed E-state index contributed by atoms with van der Waals surface area (Å²) in [6, 6.07) is 7.86. The minimum Gasteiger partial charge on any atom is -0.497 e. The number of rotatable bonds is 4. The molecular weight excluding hydrogens is 306 g/mol. The lowest BCUT2D eigenvalue weighted by molar-refractivity contribution is 0.0914. The van der Waals surface area contributed by atoms with E-state index in [0.29, 0.717) is 11.4 Å². The van der Waals surface area contributed by atoms with E-state index in [1.54, 1.807) is 11.8 Å². The minimum atomic E-state index is -0.173. The zero-order valence-electron chi connectivity index (χ0n) is 14.2. The lowest BCUT2D eigenvalue weighted by atomic mass is 10.00. The van der Waals surface area contributed by atoms with E-state index in [2.05, 4.69) is 27.9 Å². The molecule has 0 saturated carbocycles. The molecule has 2 N–H and O–H groups in total. The summed E-state index contributed by atoms with van der Waals surface area (Å²) < 4.78 is 6.82. The van der Waals surface area contributed by atoms with E-state index in [1.807, 2.05) is 31.2 Å². The summed E-state index contributed by atoms with van der Waals surface area (Å²) in [5.74, 6) is 0.598. The van der Waals surface area contributed by atoms with Gasteiger partial charge in [0.1, 0.15) is 5.75 Å². The topological polar surface area (TPSA) is 81.1 Å². The summed E-state index contributed by atoms with van der Waals surface area (Å²) in [5.41, 5.74) is 1.92. The van der Waals surface area contributed by atoms with Crippen LogP contribution in [-0.4, -0.2) is 46.6 Å². The number of nitrogens with zero attached hydrogens (tertiary/aromatic N) is 3. The van der Waals surface area contributed by atoms with Crippen molar-refractivity contribution in [2.75, 3.05) is 13.7 Å². The van der Waals surface area contributed by atoms with Crippen LogP contribution in [0.3, 0.4) is 0 Å². The summed E-state index contributed by atoms with van der Waals surface area (Å²) in [6.07, 6.45) is 2.04. The molecule has 2 unspecified atom stereocenters. The number of hydrogen-bond acceptors (Lipinski definition) is 5. The van der Waals surface area contributed by atoms with Crippen molar-refractivity contribution in [3.8, 4) is 11.4 Å². The van der Waals surface area contributed by atoms with Gasteiger partial charge in [0.15, 0.2) is 5.69 Å². The highest BCUT2D eigenvalue weighted by Gasteiger charge is 2.25. The van der Waals surface area contributed by atoms with Gasteiger partial charge in [0.25, 0.3) is 5.91 Å². The molecule has 1 aliphatic heterocycles. The zero-order valence-corrected chi connectivity index (χ0v) is 14.2. The Bertz CT molecular complexity index is 710. The van der Waals surface area contributed by atoms with Gasteiger partial charge in [0.2, 0.25) is 0 Å². The Hall–Kier alpha value is -2.41. The molecule has 0 aliphatic carbocycles. The van der Waals surface area contributed by atoms with Crippen LogP contribution < -0.4 is 15.4 Å². The number of amides is 1. The Kier molecular flexibility index (Phi) is 4.80. The largest absolute Gasteiger partial charge is 0.497 e. The lowest BCUT2D eigenvalue weighted by Gasteiger charge is -2.30.